The van der Waals surface area contributed by atoms with E-state index in [4.69, 9.17) is 11.6 Å². The third kappa shape index (κ3) is 3.21. The molecule has 0 unspecified atom stereocenters. The van der Waals surface area contributed by atoms with Crippen LogP contribution in [0.4, 0.5) is 4.39 Å². The molecule has 0 atom stereocenters. The molecule has 100 valence electrons. The van der Waals surface area contributed by atoms with E-state index in [1.54, 1.807) is 40.1 Å². The van der Waals surface area contributed by atoms with Crippen LogP contribution in [0.5, 0.6) is 0 Å². The summed E-state index contributed by atoms with van der Waals surface area (Å²) in [6.45, 7) is 3.69. The summed E-state index contributed by atoms with van der Waals surface area (Å²) in [5.74, 6) is -0.520. The Hall–Kier alpha value is -1.13. The maximum Gasteiger partial charge on any atom is 0.242 e. The first-order valence-electron chi connectivity index (χ1n) is 5.67. The molecule has 1 aromatic rings. The van der Waals surface area contributed by atoms with Crippen LogP contribution >= 0.6 is 11.6 Å². The van der Waals surface area contributed by atoms with Gasteiger partial charge in [0.25, 0.3) is 0 Å². The van der Waals surface area contributed by atoms with Gasteiger partial charge in [-0.05, 0) is 33.0 Å². The van der Waals surface area contributed by atoms with Gasteiger partial charge in [0.1, 0.15) is 5.82 Å². The fourth-order valence-electron chi connectivity index (χ4n) is 1.58. The number of nitrogens with zero attached hydrogens (tertiary/aromatic N) is 1. The molecule has 1 amide bonds. The highest BCUT2D eigenvalue weighted by Crippen LogP contribution is 2.21. The lowest BCUT2D eigenvalue weighted by Gasteiger charge is -2.29. The second-order valence-corrected chi connectivity index (χ2v) is 5.14. The number of carbonyl (C=O) groups is 1. The monoisotopic (exact) mass is 272 g/mol. The van der Waals surface area contributed by atoms with Gasteiger partial charge in [0.2, 0.25) is 5.91 Å². The second kappa shape index (κ2) is 5.67. The van der Waals surface area contributed by atoms with E-state index in [0.29, 0.717) is 10.6 Å². The van der Waals surface area contributed by atoms with Crippen LogP contribution in [-0.4, -0.2) is 30.4 Å². The molecule has 0 saturated carbocycles. The SMILES string of the molecule is CNC(C)(C)C(=O)N(C)Cc1c(F)cccc1Cl. The van der Waals surface area contributed by atoms with Crippen molar-refractivity contribution < 1.29 is 9.18 Å². The zero-order valence-corrected chi connectivity index (χ0v) is 11.8. The van der Waals surface area contributed by atoms with Crippen molar-refractivity contribution in [2.45, 2.75) is 25.9 Å². The number of amides is 1. The van der Waals surface area contributed by atoms with Crippen LogP contribution in [-0.2, 0) is 11.3 Å². The number of halogens is 2. The minimum Gasteiger partial charge on any atom is -0.340 e. The lowest BCUT2D eigenvalue weighted by Crippen LogP contribution is -2.51. The van der Waals surface area contributed by atoms with Crippen LogP contribution in [0.2, 0.25) is 5.02 Å². The van der Waals surface area contributed by atoms with Gasteiger partial charge in [-0.25, -0.2) is 4.39 Å². The van der Waals surface area contributed by atoms with Crippen LogP contribution in [0.25, 0.3) is 0 Å². The third-order valence-corrected chi connectivity index (χ3v) is 3.32. The van der Waals surface area contributed by atoms with E-state index in [0.717, 1.165) is 0 Å². The van der Waals surface area contributed by atoms with E-state index in [9.17, 15) is 9.18 Å². The summed E-state index contributed by atoms with van der Waals surface area (Å²) in [6.07, 6.45) is 0. The molecule has 0 radical (unpaired) electrons. The van der Waals surface area contributed by atoms with Gasteiger partial charge in [0, 0.05) is 24.2 Å². The Morgan fingerprint density at radius 2 is 2.11 bits per heavy atom. The van der Waals surface area contributed by atoms with Crippen molar-refractivity contribution in [2.75, 3.05) is 14.1 Å². The highest BCUT2D eigenvalue weighted by Gasteiger charge is 2.29. The number of hydrogen-bond acceptors (Lipinski definition) is 2. The number of rotatable bonds is 4. The molecule has 0 fully saturated rings. The van der Waals surface area contributed by atoms with Gasteiger partial charge >= 0.3 is 0 Å². The number of carbonyl (C=O) groups excluding carboxylic acids is 1. The minimum absolute atomic E-state index is 0.121. The van der Waals surface area contributed by atoms with Gasteiger partial charge in [0.05, 0.1) is 5.54 Å². The van der Waals surface area contributed by atoms with Crippen molar-refractivity contribution in [1.82, 2.24) is 10.2 Å². The Balaban J connectivity index is 2.89. The molecule has 0 aliphatic rings. The van der Waals surface area contributed by atoms with Crippen molar-refractivity contribution in [1.29, 1.82) is 0 Å². The molecule has 0 spiro atoms. The third-order valence-electron chi connectivity index (χ3n) is 2.96. The normalized spacial score (nSPS) is 11.4. The maximum atomic E-state index is 13.6. The predicted octanol–water partition coefficient (Wildman–Crippen LogP) is 2.44. The number of nitrogens with one attached hydrogen (secondary N) is 1. The zero-order chi connectivity index (χ0) is 13.9. The van der Waals surface area contributed by atoms with E-state index < -0.39 is 11.4 Å². The van der Waals surface area contributed by atoms with Gasteiger partial charge in [-0.2, -0.15) is 0 Å². The first-order valence-corrected chi connectivity index (χ1v) is 6.04. The molecule has 5 heteroatoms. The molecular formula is C13H18ClFN2O. The minimum atomic E-state index is -0.688. The fourth-order valence-corrected chi connectivity index (χ4v) is 1.80. The molecule has 0 heterocycles. The topological polar surface area (TPSA) is 32.3 Å². The first-order chi connectivity index (χ1) is 8.29. The average Bonchev–Trinajstić information content (AvgIpc) is 2.32. The molecule has 3 nitrogen and oxygen atoms in total. The van der Waals surface area contributed by atoms with Gasteiger partial charge in [-0.1, -0.05) is 17.7 Å². The standard InChI is InChI=1S/C13H18ClFN2O/c1-13(2,16-3)12(18)17(4)8-9-10(14)6-5-7-11(9)15/h5-7,16H,8H2,1-4H3. The van der Waals surface area contributed by atoms with Crippen LogP contribution < -0.4 is 5.32 Å². The van der Waals surface area contributed by atoms with E-state index in [2.05, 4.69) is 5.32 Å². The molecule has 0 aliphatic carbocycles. The summed E-state index contributed by atoms with van der Waals surface area (Å²) >= 11 is 5.93. The predicted molar refractivity (Wildman–Crippen MR) is 71.0 cm³/mol. The number of likely N-dealkylation sites (N-methyl/N-ethyl adjacent to an activating group) is 2. The van der Waals surface area contributed by atoms with Crippen LogP contribution in [0, 0.1) is 5.82 Å². The van der Waals surface area contributed by atoms with E-state index >= 15 is 0 Å². The number of benzene rings is 1. The van der Waals surface area contributed by atoms with Gasteiger partial charge < -0.3 is 10.2 Å². The summed E-state index contributed by atoms with van der Waals surface area (Å²) in [5, 5.41) is 3.25. The maximum absolute atomic E-state index is 13.6. The highest BCUT2D eigenvalue weighted by atomic mass is 35.5. The molecule has 1 rings (SSSR count). The molecule has 1 N–H and O–H groups in total. The van der Waals surface area contributed by atoms with Crippen LogP contribution in [0.3, 0.4) is 0 Å². The summed E-state index contributed by atoms with van der Waals surface area (Å²) in [6, 6.07) is 4.49. The lowest BCUT2D eigenvalue weighted by atomic mass is 10.0. The molecule has 1 aromatic carbocycles. The second-order valence-electron chi connectivity index (χ2n) is 4.74. The first kappa shape index (κ1) is 14.9. The quantitative estimate of drug-likeness (QED) is 0.913. The summed E-state index contributed by atoms with van der Waals surface area (Å²) in [5.41, 5.74) is -0.353. The highest BCUT2D eigenvalue weighted by molar-refractivity contribution is 6.31. The Morgan fingerprint density at radius 3 is 2.61 bits per heavy atom. The molecular weight excluding hydrogens is 255 g/mol. The Kier molecular flexibility index (Phi) is 4.71. The van der Waals surface area contributed by atoms with Crippen molar-refractivity contribution in [3.8, 4) is 0 Å². The van der Waals surface area contributed by atoms with E-state index in [-0.39, 0.29) is 12.5 Å². The molecule has 0 saturated heterocycles. The summed E-state index contributed by atoms with van der Waals surface area (Å²) in [7, 11) is 3.34. The zero-order valence-electron chi connectivity index (χ0n) is 11.1. The van der Waals surface area contributed by atoms with Crippen molar-refractivity contribution in [3.63, 3.8) is 0 Å². The lowest BCUT2D eigenvalue weighted by molar-refractivity contribution is -0.136. The molecule has 0 aliphatic heterocycles. The van der Waals surface area contributed by atoms with Crippen LogP contribution in [0.15, 0.2) is 18.2 Å². The van der Waals surface area contributed by atoms with Gasteiger partial charge in [-0.15, -0.1) is 0 Å². The van der Waals surface area contributed by atoms with Crippen molar-refractivity contribution in [2.24, 2.45) is 0 Å². The largest absolute Gasteiger partial charge is 0.340 e. The Labute approximate surface area is 112 Å². The molecule has 0 bridgehead atoms. The smallest absolute Gasteiger partial charge is 0.242 e. The molecule has 0 aromatic heterocycles. The van der Waals surface area contributed by atoms with E-state index in [1.165, 1.54) is 11.0 Å². The van der Waals surface area contributed by atoms with E-state index in [1.807, 2.05) is 0 Å². The van der Waals surface area contributed by atoms with Crippen LogP contribution in [0.1, 0.15) is 19.4 Å². The summed E-state index contributed by atoms with van der Waals surface area (Å²) < 4.78 is 13.6. The molecule has 18 heavy (non-hydrogen) atoms. The fraction of sp³-hybridized carbons (Fsp3) is 0.462. The Morgan fingerprint density at radius 1 is 1.50 bits per heavy atom. The van der Waals surface area contributed by atoms with Gasteiger partial charge in [-0.3, -0.25) is 4.79 Å². The van der Waals surface area contributed by atoms with Crippen molar-refractivity contribution >= 4 is 17.5 Å². The average molecular weight is 273 g/mol. The summed E-state index contributed by atoms with van der Waals surface area (Å²) in [4.78, 5) is 13.6. The Bertz CT molecular complexity index is 428. The van der Waals surface area contributed by atoms with Crippen molar-refractivity contribution in [3.05, 3.63) is 34.6 Å². The number of hydrogen-bond donors (Lipinski definition) is 1. The van der Waals surface area contributed by atoms with Gasteiger partial charge in [0.15, 0.2) is 0 Å².